The monoisotopic (exact) mass is 312 g/mol. The summed E-state index contributed by atoms with van der Waals surface area (Å²) in [6, 6.07) is 2.60. The number of rotatable bonds is 3. The fraction of sp³-hybridized carbons (Fsp3) is 0.615. The van der Waals surface area contributed by atoms with E-state index >= 15 is 0 Å². The lowest BCUT2D eigenvalue weighted by molar-refractivity contribution is 0.201. The van der Waals surface area contributed by atoms with Crippen molar-refractivity contribution in [3.63, 3.8) is 0 Å². The highest BCUT2D eigenvalue weighted by Gasteiger charge is 2.21. The van der Waals surface area contributed by atoms with Crippen LogP contribution in [0.25, 0.3) is 0 Å². The standard InChI is InChI=1S/C13H21BrN4/c1-10-7-12(14)9-16-13(10)18-5-3-17(4-6-18)11(2)8-15/h7,9,11H,3-6,8,15H2,1-2H3. The van der Waals surface area contributed by atoms with Gasteiger partial charge in [-0.2, -0.15) is 0 Å². The number of nitrogens with two attached hydrogens (primary N) is 1. The third-order valence-corrected chi connectivity index (χ3v) is 4.03. The van der Waals surface area contributed by atoms with Crippen molar-refractivity contribution in [1.82, 2.24) is 9.88 Å². The number of nitrogens with zero attached hydrogens (tertiary/aromatic N) is 3. The van der Waals surface area contributed by atoms with E-state index in [1.807, 2.05) is 6.20 Å². The Hall–Kier alpha value is -0.650. The number of hydrogen-bond donors (Lipinski definition) is 1. The first-order chi connectivity index (χ1) is 8.61. The van der Waals surface area contributed by atoms with Crippen molar-refractivity contribution in [3.8, 4) is 0 Å². The molecule has 5 heteroatoms. The highest BCUT2D eigenvalue weighted by atomic mass is 79.9. The molecule has 1 unspecified atom stereocenters. The van der Waals surface area contributed by atoms with E-state index in [2.05, 4.69) is 50.6 Å². The number of anilines is 1. The third kappa shape index (κ3) is 3.02. The predicted octanol–water partition coefficient (Wildman–Crippen LogP) is 1.62. The molecule has 1 aliphatic rings. The van der Waals surface area contributed by atoms with E-state index in [4.69, 9.17) is 5.73 Å². The Morgan fingerprint density at radius 2 is 2.06 bits per heavy atom. The van der Waals surface area contributed by atoms with Gasteiger partial charge in [0, 0.05) is 49.4 Å². The van der Waals surface area contributed by atoms with Gasteiger partial charge in [-0.1, -0.05) is 0 Å². The van der Waals surface area contributed by atoms with Gasteiger partial charge in [-0.3, -0.25) is 4.90 Å². The van der Waals surface area contributed by atoms with Crippen LogP contribution in [0.15, 0.2) is 16.7 Å². The summed E-state index contributed by atoms with van der Waals surface area (Å²) >= 11 is 3.46. The van der Waals surface area contributed by atoms with E-state index in [0.717, 1.165) is 43.0 Å². The predicted molar refractivity (Wildman–Crippen MR) is 79.0 cm³/mol. The molecule has 1 atom stereocenters. The molecule has 0 spiro atoms. The van der Waals surface area contributed by atoms with Crippen molar-refractivity contribution < 1.29 is 0 Å². The van der Waals surface area contributed by atoms with Crippen LogP contribution < -0.4 is 10.6 Å². The fourth-order valence-electron chi connectivity index (χ4n) is 2.39. The van der Waals surface area contributed by atoms with Crippen LogP contribution in [0.5, 0.6) is 0 Å². The van der Waals surface area contributed by atoms with Crippen LogP contribution in [0.1, 0.15) is 12.5 Å². The molecule has 0 radical (unpaired) electrons. The van der Waals surface area contributed by atoms with Crippen LogP contribution in [-0.2, 0) is 0 Å². The molecule has 1 saturated heterocycles. The SMILES string of the molecule is Cc1cc(Br)cnc1N1CCN(C(C)CN)CC1. The van der Waals surface area contributed by atoms with Gasteiger partial charge in [0.2, 0.25) is 0 Å². The molecule has 0 aromatic carbocycles. The average molecular weight is 313 g/mol. The van der Waals surface area contributed by atoms with Crippen LogP contribution in [0, 0.1) is 6.92 Å². The van der Waals surface area contributed by atoms with Gasteiger partial charge in [0.1, 0.15) is 5.82 Å². The van der Waals surface area contributed by atoms with E-state index < -0.39 is 0 Å². The highest BCUT2D eigenvalue weighted by Crippen LogP contribution is 2.22. The largest absolute Gasteiger partial charge is 0.354 e. The lowest BCUT2D eigenvalue weighted by Gasteiger charge is -2.38. The van der Waals surface area contributed by atoms with Gasteiger partial charge in [-0.05, 0) is 41.4 Å². The van der Waals surface area contributed by atoms with E-state index in [0.29, 0.717) is 6.04 Å². The molecular formula is C13H21BrN4. The molecule has 18 heavy (non-hydrogen) atoms. The molecule has 2 N–H and O–H groups in total. The second kappa shape index (κ2) is 5.99. The third-order valence-electron chi connectivity index (χ3n) is 3.60. The summed E-state index contributed by atoms with van der Waals surface area (Å²) in [7, 11) is 0. The molecule has 4 nitrogen and oxygen atoms in total. The van der Waals surface area contributed by atoms with Crippen molar-refractivity contribution >= 4 is 21.7 Å². The molecule has 1 aromatic heterocycles. The summed E-state index contributed by atoms with van der Waals surface area (Å²) in [5.74, 6) is 1.11. The number of halogens is 1. The minimum Gasteiger partial charge on any atom is -0.354 e. The topological polar surface area (TPSA) is 45.4 Å². The Morgan fingerprint density at radius 1 is 1.39 bits per heavy atom. The summed E-state index contributed by atoms with van der Waals surface area (Å²) in [5, 5.41) is 0. The second-order valence-electron chi connectivity index (χ2n) is 4.90. The molecule has 1 aromatic rings. The van der Waals surface area contributed by atoms with Crippen LogP contribution in [-0.4, -0.2) is 48.6 Å². The molecule has 100 valence electrons. The van der Waals surface area contributed by atoms with Gasteiger partial charge < -0.3 is 10.6 Å². The maximum Gasteiger partial charge on any atom is 0.131 e. The molecule has 0 bridgehead atoms. The number of pyridine rings is 1. The highest BCUT2D eigenvalue weighted by molar-refractivity contribution is 9.10. The first-order valence-electron chi connectivity index (χ1n) is 6.43. The van der Waals surface area contributed by atoms with Crippen molar-refractivity contribution in [2.45, 2.75) is 19.9 Å². The second-order valence-corrected chi connectivity index (χ2v) is 5.82. The van der Waals surface area contributed by atoms with E-state index in [9.17, 15) is 0 Å². The molecule has 2 heterocycles. The van der Waals surface area contributed by atoms with Crippen molar-refractivity contribution in [1.29, 1.82) is 0 Å². The summed E-state index contributed by atoms with van der Waals surface area (Å²) in [6.07, 6.45) is 1.87. The van der Waals surface area contributed by atoms with Crippen LogP contribution in [0.3, 0.4) is 0 Å². The van der Waals surface area contributed by atoms with E-state index in [-0.39, 0.29) is 0 Å². The first-order valence-corrected chi connectivity index (χ1v) is 7.22. The molecule has 1 aliphatic heterocycles. The van der Waals surface area contributed by atoms with Crippen LogP contribution >= 0.6 is 15.9 Å². The maximum absolute atomic E-state index is 5.72. The van der Waals surface area contributed by atoms with Crippen LogP contribution in [0.2, 0.25) is 0 Å². The minimum absolute atomic E-state index is 0.478. The maximum atomic E-state index is 5.72. The Kier molecular flexibility index (Phi) is 4.59. The van der Waals surface area contributed by atoms with Gasteiger partial charge in [0.15, 0.2) is 0 Å². The van der Waals surface area contributed by atoms with Crippen molar-refractivity contribution in [3.05, 3.63) is 22.3 Å². The smallest absolute Gasteiger partial charge is 0.131 e. The van der Waals surface area contributed by atoms with Crippen LogP contribution in [0.4, 0.5) is 5.82 Å². The zero-order valence-corrected chi connectivity index (χ0v) is 12.7. The average Bonchev–Trinajstić information content (AvgIpc) is 2.38. The molecule has 0 amide bonds. The molecule has 1 fully saturated rings. The summed E-state index contributed by atoms with van der Waals surface area (Å²) in [4.78, 5) is 9.34. The lowest BCUT2D eigenvalue weighted by atomic mass is 10.2. The van der Waals surface area contributed by atoms with Gasteiger partial charge >= 0.3 is 0 Å². The molecule has 0 aliphatic carbocycles. The quantitative estimate of drug-likeness (QED) is 0.921. The zero-order valence-electron chi connectivity index (χ0n) is 11.1. The van der Waals surface area contributed by atoms with E-state index in [1.54, 1.807) is 0 Å². The fourth-order valence-corrected chi connectivity index (χ4v) is 2.83. The Bertz CT molecular complexity index is 402. The van der Waals surface area contributed by atoms with E-state index in [1.165, 1.54) is 5.56 Å². The Balaban J connectivity index is 2.01. The Labute approximate surface area is 117 Å². The minimum atomic E-state index is 0.478. The molecular weight excluding hydrogens is 292 g/mol. The Morgan fingerprint density at radius 3 is 2.61 bits per heavy atom. The van der Waals surface area contributed by atoms with Crippen molar-refractivity contribution in [2.24, 2.45) is 5.73 Å². The summed E-state index contributed by atoms with van der Waals surface area (Å²) in [6.45, 7) is 9.22. The van der Waals surface area contributed by atoms with Crippen molar-refractivity contribution in [2.75, 3.05) is 37.6 Å². The zero-order chi connectivity index (χ0) is 13.1. The molecule has 0 saturated carbocycles. The molecule has 2 rings (SSSR count). The normalized spacial score (nSPS) is 19.0. The lowest BCUT2D eigenvalue weighted by Crippen LogP contribution is -2.51. The number of aryl methyl sites for hydroxylation is 1. The first kappa shape index (κ1) is 13.8. The number of hydrogen-bond acceptors (Lipinski definition) is 4. The number of aromatic nitrogens is 1. The van der Waals surface area contributed by atoms with Gasteiger partial charge in [0.05, 0.1) is 0 Å². The summed E-state index contributed by atoms with van der Waals surface area (Å²) < 4.78 is 1.04. The summed E-state index contributed by atoms with van der Waals surface area (Å²) in [5.41, 5.74) is 6.94. The van der Waals surface area contributed by atoms with Gasteiger partial charge in [0.25, 0.3) is 0 Å². The van der Waals surface area contributed by atoms with Gasteiger partial charge in [-0.15, -0.1) is 0 Å². The van der Waals surface area contributed by atoms with Gasteiger partial charge in [-0.25, -0.2) is 4.98 Å². The number of piperazine rings is 1.